The van der Waals surface area contributed by atoms with E-state index in [1.165, 1.54) is 24.1 Å². The normalized spacial score (nSPS) is 21.6. The largest absolute Gasteiger partial charge is 0.335 e. The van der Waals surface area contributed by atoms with Gasteiger partial charge >= 0.3 is 0 Å². The maximum Gasteiger partial charge on any atom is 0.254 e. The fraction of sp³-hybridized carbons (Fsp3) is 0.533. The van der Waals surface area contributed by atoms with Crippen LogP contribution >= 0.6 is 0 Å². The molecule has 0 radical (unpaired) electrons. The smallest absolute Gasteiger partial charge is 0.254 e. The van der Waals surface area contributed by atoms with E-state index in [0.29, 0.717) is 23.6 Å². The van der Waals surface area contributed by atoms with E-state index in [4.69, 9.17) is 0 Å². The van der Waals surface area contributed by atoms with Crippen molar-refractivity contribution in [2.75, 3.05) is 11.9 Å². The average molecular weight is 479 g/mol. The van der Waals surface area contributed by atoms with Gasteiger partial charge in [-0.1, -0.05) is 52.2 Å². The lowest BCUT2D eigenvalue weighted by Gasteiger charge is -2.46. The number of carbonyl (C=O) groups excluding carboxylic acids is 2. The summed E-state index contributed by atoms with van der Waals surface area (Å²) >= 11 is 0. The first-order chi connectivity index (χ1) is 16.6. The predicted molar refractivity (Wildman–Crippen MR) is 139 cm³/mol. The molecule has 1 N–H and O–H groups in total. The molecule has 4 nitrogen and oxygen atoms in total. The van der Waals surface area contributed by atoms with Crippen LogP contribution in [0.3, 0.4) is 0 Å². The Morgan fingerprint density at radius 2 is 1.71 bits per heavy atom. The third-order valence-electron chi connectivity index (χ3n) is 7.83. The quantitative estimate of drug-likeness (QED) is 0.521. The Balaban J connectivity index is 1.62. The van der Waals surface area contributed by atoms with Gasteiger partial charge in [0.2, 0.25) is 5.91 Å². The number of aryl methyl sites for hydroxylation is 1. The van der Waals surface area contributed by atoms with E-state index in [2.05, 4.69) is 38.2 Å². The lowest BCUT2D eigenvalue weighted by Crippen LogP contribution is -2.55. The summed E-state index contributed by atoms with van der Waals surface area (Å²) in [5, 5.41) is 3.18. The molecule has 188 valence electrons. The fourth-order valence-corrected chi connectivity index (χ4v) is 5.92. The monoisotopic (exact) mass is 478 g/mol. The van der Waals surface area contributed by atoms with E-state index in [9.17, 15) is 14.0 Å². The van der Waals surface area contributed by atoms with Gasteiger partial charge in [0.15, 0.2) is 0 Å². The molecule has 1 saturated heterocycles. The molecule has 4 rings (SSSR count). The van der Waals surface area contributed by atoms with Crippen molar-refractivity contribution in [2.24, 2.45) is 11.8 Å². The number of piperidine rings is 1. The molecule has 2 amide bonds. The van der Waals surface area contributed by atoms with Gasteiger partial charge in [-0.15, -0.1) is 0 Å². The second kappa shape index (κ2) is 10.5. The molecule has 2 aromatic rings. The fourth-order valence-electron chi connectivity index (χ4n) is 5.92. The zero-order valence-electron chi connectivity index (χ0n) is 21.6. The third-order valence-corrected chi connectivity index (χ3v) is 7.83. The Morgan fingerprint density at radius 3 is 2.40 bits per heavy atom. The van der Waals surface area contributed by atoms with E-state index in [1.54, 1.807) is 13.0 Å². The number of halogens is 1. The second-order valence-electron chi connectivity index (χ2n) is 11.4. The van der Waals surface area contributed by atoms with E-state index in [-0.39, 0.29) is 35.0 Å². The van der Waals surface area contributed by atoms with Crippen LogP contribution in [-0.4, -0.2) is 29.3 Å². The van der Waals surface area contributed by atoms with Crippen molar-refractivity contribution in [1.29, 1.82) is 0 Å². The molecule has 1 aliphatic carbocycles. The Hall–Kier alpha value is -2.69. The molecule has 0 bridgehead atoms. The highest BCUT2D eigenvalue weighted by molar-refractivity contribution is 5.97. The van der Waals surface area contributed by atoms with Gasteiger partial charge in [-0.3, -0.25) is 9.59 Å². The molecule has 1 saturated carbocycles. The highest BCUT2D eigenvalue weighted by atomic mass is 19.1. The number of amides is 2. The SMILES string of the molecule is Cc1cc(F)ccc1C(=O)N1CCCC(C(=O)Nc2cccc(C(C)(C)C)c2)C1C1CCCCC1. The van der Waals surface area contributed by atoms with Crippen LogP contribution in [0.15, 0.2) is 42.5 Å². The van der Waals surface area contributed by atoms with Gasteiger partial charge in [0.1, 0.15) is 5.82 Å². The molecular formula is C30H39FN2O2. The van der Waals surface area contributed by atoms with Gasteiger partial charge in [0.05, 0.1) is 5.92 Å². The van der Waals surface area contributed by atoms with Crippen LogP contribution in [-0.2, 0) is 10.2 Å². The zero-order valence-corrected chi connectivity index (χ0v) is 21.6. The number of benzene rings is 2. The standard InChI is InChI=1S/C30H39FN2O2/c1-20-18-23(31)15-16-25(20)29(35)33-17-9-14-26(27(33)21-10-6-5-7-11-21)28(34)32-24-13-8-12-22(19-24)30(2,3)4/h8,12-13,15-16,18-19,21,26-27H,5-7,9-11,14,17H2,1-4H3,(H,32,34). The van der Waals surface area contributed by atoms with Gasteiger partial charge < -0.3 is 10.2 Å². The van der Waals surface area contributed by atoms with Crippen LogP contribution in [0.2, 0.25) is 0 Å². The molecule has 0 aromatic heterocycles. The number of hydrogen-bond acceptors (Lipinski definition) is 2. The molecule has 0 spiro atoms. The Bertz CT molecular complexity index is 1070. The maximum absolute atomic E-state index is 13.7. The molecule has 5 heteroatoms. The van der Waals surface area contributed by atoms with Crippen molar-refractivity contribution in [3.63, 3.8) is 0 Å². The summed E-state index contributed by atoms with van der Waals surface area (Å²) in [5.74, 6) is -0.359. The lowest BCUT2D eigenvalue weighted by molar-refractivity contribution is -0.124. The Labute approximate surface area is 209 Å². The minimum Gasteiger partial charge on any atom is -0.335 e. The number of rotatable bonds is 4. The lowest BCUT2D eigenvalue weighted by atomic mass is 9.74. The van der Waals surface area contributed by atoms with Crippen molar-refractivity contribution < 1.29 is 14.0 Å². The predicted octanol–water partition coefficient (Wildman–Crippen LogP) is 6.87. The molecular weight excluding hydrogens is 439 g/mol. The first-order valence-corrected chi connectivity index (χ1v) is 13.1. The maximum atomic E-state index is 13.7. The van der Waals surface area contributed by atoms with Gasteiger partial charge in [0, 0.05) is 23.8 Å². The minimum atomic E-state index is -0.337. The summed E-state index contributed by atoms with van der Waals surface area (Å²) < 4.78 is 13.7. The summed E-state index contributed by atoms with van der Waals surface area (Å²) in [5.41, 5.74) is 3.15. The summed E-state index contributed by atoms with van der Waals surface area (Å²) in [6.45, 7) is 8.90. The van der Waals surface area contributed by atoms with Crippen molar-refractivity contribution >= 4 is 17.5 Å². The van der Waals surface area contributed by atoms with Crippen LogP contribution < -0.4 is 5.32 Å². The second-order valence-corrected chi connectivity index (χ2v) is 11.4. The summed E-state index contributed by atoms with van der Waals surface area (Å²) in [6, 6.07) is 12.3. The van der Waals surface area contributed by atoms with Crippen LogP contribution in [0.4, 0.5) is 10.1 Å². The first-order valence-electron chi connectivity index (χ1n) is 13.1. The summed E-state index contributed by atoms with van der Waals surface area (Å²) in [6.07, 6.45) is 7.14. The topological polar surface area (TPSA) is 49.4 Å². The Morgan fingerprint density at radius 1 is 0.971 bits per heavy atom. The van der Waals surface area contributed by atoms with Crippen molar-refractivity contribution in [1.82, 2.24) is 4.90 Å². The molecule has 2 fully saturated rings. The van der Waals surface area contributed by atoms with Gasteiger partial charge in [-0.25, -0.2) is 4.39 Å². The zero-order chi connectivity index (χ0) is 25.2. The van der Waals surface area contributed by atoms with Crippen LogP contribution in [0.25, 0.3) is 0 Å². The van der Waals surface area contributed by atoms with Gasteiger partial charge in [-0.2, -0.15) is 0 Å². The highest BCUT2D eigenvalue weighted by Gasteiger charge is 2.43. The van der Waals surface area contributed by atoms with E-state index < -0.39 is 0 Å². The minimum absolute atomic E-state index is 0.0000364. The van der Waals surface area contributed by atoms with Crippen molar-refractivity contribution in [3.8, 4) is 0 Å². The van der Waals surface area contributed by atoms with Gasteiger partial charge in [-0.05, 0) is 85.4 Å². The van der Waals surface area contributed by atoms with Gasteiger partial charge in [0.25, 0.3) is 5.91 Å². The highest BCUT2D eigenvalue weighted by Crippen LogP contribution is 2.38. The van der Waals surface area contributed by atoms with Crippen LogP contribution in [0.1, 0.15) is 87.2 Å². The number of anilines is 1. The number of hydrogen-bond donors (Lipinski definition) is 1. The van der Waals surface area contributed by atoms with Crippen molar-refractivity contribution in [2.45, 2.75) is 84.1 Å². The number of carbonyl (C=O) groups is 2. The molecule has 2 aromatic carbocycles. The molecule has 35 heavy (non-hydrogen) atoms. The van der Waals surface area contributed by atoms with Crippen LogP contribution in [0, 0.1) is 24.6 Å². The van der Waals surface area contributed by atoms with Crippen molar-refractivity contribution in [3.05, 3.63) is 65.0 Å². The number of likely N-dealkylation sites (tertiary alicyclic amines) is 1. The molecule has 2 unspecified atom stereocenters. The summed E-state index contributed by atoms with van der Waals surface area (Å²) in [4.78, 5) is 29.4. The number of nitrogens with zero attached hydrogens (tertiary/aromatic N) is 1. The summed E-state index contributed by atoms with van der Waals surface area (Å²) in [7, 11) is 0. The Kier molecular flexibility index (Phi) is 7.63. The first kappa shape index (κ1) is 25.4. The molecule has 2 atom stereocenters. The van der Waals surface area contributed by atoms with E-state index in [1.807, 2.05) is 17.0 Å². The van der Waals surface area contributed by atoms with E-state index >= 15 is 0 Å². The number of nitrogens with one attached hydrogen (secondary N) is 1. The third kappa shape index (κ3) is 5.76. The molecule has 1 heterocycles. The molecule has 1 aliphatic heterocycles. The molecule has 2 aliphatic rings. The average Bonchev–Trinajstić information content (AvgIpc) is 2.83. The van der Waals surface area contributed by atoms with Crippen LogP contribution in [0.5, 0.6) is 0 Å². The van der Waals surface area contributed by atoms with E-state index in [0.717, 1.165) is 44.2 Å².